The molecule has 0 radical (unpaired) electrons. The van der Waals surface area contributed by atoms with Gasteiger partial charge in [0.05, 0.1) is 5.69 Å². The lowest BCUT2D eigenvalue weighted by molar-refractivity contribution is 0.609. The molecule has 78 valence electrons. The van der Waals surface area contributed by atoms with Crippen LogP contribution in [0.1, 0.15) is 19.0 Å². The third-order valence-electron chi connectivity index (χ3n) is 2.25. The summed E-state index contributed by atoms with van der Waals surface area (Å²) in [6.07, 6.45) is 3.78. The molecule has 0 spiro atoms. The molecule has 2 aromatic rings. The Kier molecular flexibility index (Phi) is 2.81. The molecule has 0 aliphatic heterocycles. The van der Waals surface area contributed by atoms with Crippen LogP contribution < -0.4 is 0 Å². The van der Waals surface area contributed by atoms with Gasteiger partial charge in [-0.2, -0.15) is 5.10 Å². The predicted molar refractivity (Wildman–Crippen MR) is 57.5 cm³/mol. The number of halogens is 1. The van der Waals surface area contributed by atoms with E-state index in [0.29, 0.717) is 5.69 Å². The molecular formula is C12H13FN2. The summed E-state index contributed by atoms with van der Waals surface area (Å²) in [7, 11) is 0. The van der Waals surface area contributed by atoms with Gasteiger partial charge in [-0.15, -0.1) is 0 Å². The van der Waals surface area contributed by atoms with Crippen LogP contribution in [0.2, 0.25) is 0 Å². The highest BCUT2D eigenvalue weighted by molar-refractivity contribution is 5.32. The maximum absolute atomic E-state index is 13.4. The minimum atomic E-state index is -0.247. The largest absolute Gasteiger partial charge is 0.238 e. The minimum Gasteiger partial charge on any atom is -0.238 e. The topological polar surface area (TPSA) is 17.8 Å². The molecule has 0 bridgehead atoms. The molecule has 1 heterocycles. The third kappa shape index (κ3) is 2.06. The molecule has 0 amide bonds. The number of para-hydroxylation sites is 1. The molecule has 0 unspecified atom stereocenters. The normalized spacial score (nSPS) is 10.5. The van der Waals surface area contributed by atoms with Gasteiger partial charge >= 0.3 is 0 Å². The standard InChI is InChI=1S/C12H13FN2/c1-2-5-10-8-9-15(14-10)12-7-4-3-6-11(12)13/h3-4,6-9H,2,5H2,1H3. The molecule has 0 aliphatic rings. The van der Waals surface area contributed by atoms with Gasteiger partial charge in [-0.25, -0.2) is 9.07 Å². The van der Waals surface area contributed by atoms with E-state index in [2.05, 4.69) is 12.0 Å². The van der Waals surface area contributed by atoms with Crippen LogP contribution in [0.5, 0.6) is 0 Å². The molecular weight excluding hydrogens is 191 g/mol. The molecule has 2 rings (SSSR count). The molecule has 0 saturated heterocycles. The van der Waals surface area contributed by atoms with Gasteiger partial charge in [-0.05, 0) is 24.6 Å². The van der Waals surface area contributed by atoms with Crippen molar-refractivity contribution in [2.45, 2.75) is 19.8 Å². The lowest BCUT2D eigenvalue weighted by atomic mass is 10.3. The fourth-order valence-electron chi connectivity index (χ4n) is 1.52. The van der Waals surface area contributed by atoms with Gasteiger partial charge in [0.2, 0.25) is 0 Å². The Bertz CT molecular complexity index is 448. The minimum absolute atomic E-state index is 0.247. The Labute approximate surface area is 88.4 Å². The molecule has 0 saturated carbocycles. The number of benzene rings is 1. The molecule has 15 heavy (non-hydrogen) atoms. The Morgan fingerprint density at radius 1 is 1.27 bits per heavy atom. The Morgan fingerprint density at radius 2 is 2.07 bits per heavy atom. The van der Waals surface area contributed by atoms with E-state index in [4.69, 9.17) is 0 Å². The van der Waals surface area contributed by atoms with Gasteiger partial charge in [-0.3, -0.25) is 0 Å². The van der Waals surface area contributed by atoms with E-state index in [1.165, 1.54) is 6.07 Å². The van der Waals surface area contributed by atoms with E-state index >= 15 is 0 Å². The smallest absolute Gasteiger partial charge is 0.148 e. The van der Waals surface area contributed by atoms with Crippen LogP contribution in [0.25, 0.3) is 5.69 Å². The first-order valence-corrected chi connectivity index (χ1v) is 5.10. The summed E-state index contributed by atoms with van der Waals surface area (Å²) in [6.45, 7) is 2.10. The van der Waals surface area contributed by atoms with Gasteiger partial charge in [0, 0.05) is 6.20 Å². The molecule has 1 aromatic carbocycles. The lowest BCUT2D eigenvalue weighted by Gasteiger charge is -2.01. The van der Waals surface area contributed by atoms with E-state index in [1.54, 1.807) is 29.1 Å². The highest BCUT2D eigenvalue weighted by Crippen LogP contribution is 2.12. The summed E-state index contributed by atoms with van der Waals surface area (Å²) in [5.74, 6) is -0.247. The number of aryl methyl sites for hydroxylation is 1. The van der Waals surface area contributed by atoms with E-state index in [9.17, 15) is 4.39 Å². The zero-order valence-electron chi connectivity index (χ0n) is 8.65. The Morgan fingerprint density at radius 3 is 2.80 bits per heavy atom. The molecule has 0 atom stereocenters. The second-order valence-electron chi connectivity index (χ2n) is 3.45. The number of hydrogen-bond acceptors (Lipinski definition) is 1. The highest BCUT2D eigenvalue weighted by atomic mass is 19.1. The second kappa shape index (κ2) is 4.26. The average molecular weight is 204 g/mol. The van der Waals surface area contributed by atoms with Crippen molar-refractivity contribution in [3.05, 3.63) is 48.0 Å². The van der Waals surface area contributed by atoms with Gasteiger partial charge in [0.25, 0.3) is 0 Å². The van der Waals surface area contributed by atoms with Crippen LogP contribution in [0.3, 0.4) is 0 Å². The highest BCUT2D eigenvalue weighted by Gasteiger charge is 2.04. The summed E-state index contributed by atoms with van der Waals surface area (Å²) < 4.78 is 15.0. The van der Waals surface area contributed by atoms with Gasteiger partial charge in [0.1, 0.15) is 11.5 Å². The van der Waals surface area contributed by atoms with Crippen molar-refractivity contribution in [2.24, 2.45) is 0 Å². The molecule has 2 nitrogen and oxygen atoms in total. The summed E-state index contributed by atoms with van der Waals surface area (Å²) in [5.41, 5.74) is 1.50. The fourth-order valence-corrected chi connectivity index (χ4v) is 1.52. The first-order valence-electron chi connectivity index (χ1n) is 5.10. The maximum Gasteiger partial charge on any atom is 0.148 e. The maximum atomic E-state index is 13.4. The van der Waals surface area contributed by atoms with E-state index in [0.717, 1.165) is 18.5 Å². The molecule has 0 aliphatic carbocycles. The van der Waals surface area contributed by atoms with Crippen LogP contribution in [-0.2, 0) is 6.42 Å². The number of hydrogen-bond donors (Lipinski definition) is 0. The zero-order chi connectivity index (χ0) is 10.7. The Hall–Kier alpha value is -1.64. The number of nitrogens with zero attached hydrogens (tertiary/aromatic N) is 2. The first kappa shape index (κ1) is 9.90. The van der Waals surface area contributed by atoms with Crippen molar-refractivity contribution in [1.29, 1.82) is 0 Å². The van der Waals surface area contributed by atoms with Crippen molar-refractivity contribution in [2.75, 3.05) is 0 Å². The van der Waals surface area contributed by atoms with Crippen LogP contribution in [0.15, 0.2) is 36.5 Å². The lowest BCUT2D eigenvalue weighted by Crippen LogP contribution is -1.98. The monoisotopic (exact) mass is 204 g/mol. The second-order valence-corrected chi connectivity index (χ2v) is 3.45. The van der Waals surface area contributed by atoms with Crippen LogP contribution in [0, 0.1) is 5.82 Å². The van der Waals surface area contributed by atoms with Crippen LogP contribution >= 0.6 is 0 Å². The van der Waals surface area contributed by atoms with Crippen molar-refractivity contribution >= 4 is 0 Å². The molecule has 0 fully saturated rings. The van der Waals surface area contributed by atoms with Crippen molar-refractivity contribution in [3.8, 4) is 5.69 Å². The van der Waals surface area contributed by atoms with Crippen molar-refractivity contribution in [1.82, 2.24) is 9.78 Å². The Balaban J connectivity index is 2.33. The summed E-state index contributed by atoms with van der Waals surface area (Å²) >= 11 is 0. The predicted octanol–water partition coefficient (Wildman–Crippen LogP) is 2.96. The molecule has 3 heteroatoms. The third-order valence-corrected chi connectivity index (χ3v) is 2.25. The summed E-state index contributed by atoms with van der Waals surface area (Å²) in [5, 5.41) is 4.31. The number of aromatic nitrogens is 2. The fraction of sp³-hybridized carbons (Fsp3) is 0.250. The van der Waals surface area contributed by atoms with E-state index in [-0.39, 0.29) is 5.82 Å². The van der Waals surface area contributed by atoms with Crippen molar-refractivity contribution in [3.63, 3.8) is 0 Å². The van der Waals surface area contributed by atoms with E-state index < -0.39 is 0 Å². The van der Waals surface area contributed by atoms with Gasteiger partial charge in [-0.1, -0.05) is 25.5 Å². The van der Waals surface area contributed by atoms with Crippen molar-refractivity contribution < 1.29 is 4.39 Å². The van der Waals surface area contributed by atoms with E-state index in [1.807, 2.05) is 6.07 Å². The van der Waals surface area contributed by atoms with Crippen LogP contribution in [0.4, 0.5) is 4.39 Å². The van der Waals surface area contributed by atoms with Gasteiger partial charge in [0.15, 0.2) is 0 Å². The first-order chi connectivity index (χ1) is 7.31. The van der Waals surface area contributed by atoms with Crippen LogP contribution in [-0.4, -0.2) is 9.78 Å². The van der Waals surface area contributed by atoms with Gasteiger partial charge < -0.3 is 0 Å². The average Bonchev–Trinajstić information content (AvgIpc) is 2.68. The molecule has 0 N–H and O–H groups in total. The quantitative estimate of drug-likeness (QED) is 0.751. The zero-order valence-corrected chi connectivity index (χ0v) is 8.65. The number of rotatable bonds is 3. The summed E-state index contributed by atoms with van der Waals surface area (Å²) in [6, 6.07) is 8.57. The summed E-state index contributed by atoms with van der Waals surface area (Å²) in [4.78, 5) is 0. The molecule has 1 aromatic heterocycles. The SMILES string of the molecule is CCCc1ccn(-c2ccccc2F)n1.